The predicted octanol–water partition coefficient (Wildman–Crippen LogP) is 8.39. The number of allylic oxidation sites excluding steroid dienone is 1. The number of hydrogen-bond donors (Lipinski definition) is 1. The van der Waals surface area contributed by atoms with E-state index in [0.717, 1.165) is 60.2 Å². The van der Waals surface area contributed by atoms with Gasteiger partial charge in [0.2, 0.25) is 0 Å². The molecule has 0 saturated heterocycles. The van der Waals surface area contributed by atoms with Crippen LogP contribution in [0.5, 0.6) is 0 Å². The highest BCUT2D eigenvalue weighted by Crippen LogP contribution is 2.47. The second kappa shape index (κ2) is 9.28. The van der Waals surface area contributed by atoms with Gasteiger partial charge >= 0.3 is 12.4 Å². The molecule has 1 fully saturated rings. The molecule has 1 aliphatic heterocycles. The summed E-state index contributed by atoms with van der Waals surface area (Å²) in [7, 11) is 0. The fraction of sp³-hybridized carbons (Fsp3) is 0.407. The molecule has 1 aliphatic carbocycles. The van der Waals surface area contributed by atoms with Crippen LogP contribution in [0, 0.1) is 12.8 Å². The monoisotopic (exact) mass is 494 g/mol. The molecular formula is C27H28F6N2. The molecule has 2 aliphatic rings. The second-order valence-electron chi connectivity index (χ2n) is 9.49. The predicted molar refractivity (Wildman–Crippen MR) is 125 cm³/mol. The summed E-state index contributed by atoms with van der Waals surface area (Å²) >= 11 is 0. The first-order valence-corrected chi connectivity index (χ1v) is 11.6. The zero-order valence-corrected chi connectivity index (χ0v) is 19.4. The van der Waals surface area contributed by atoms with E-state index in [1.807, 2.05) is 19.1 Å². The number of aryl methyl sites for hydroxylation is 1. The van der Waals surface area contributed by atoms with Crippen LogP contribution in [0.15, 0.2) is 67.0 Å². The fourth-order valence-electron chi connectivity index (χ4n) is 5.29. The van der Waals surface area contributed by atoms with E-state index in [-0.39, 0.29) is 6.04 Å². The Labute approximate surface area is 201 Å². The Balaban J connectivity index is 1.58. The highest BCUT2D eigenvalue weighted by molar-refractivity contribution is 5.53. The van der Waals surface area contributed by atoms with E-state index in [0.29, 0.717) is 23.8 Å². The molecule has 1 unspecified atom stereocenters. The first-order valence-electron chi connectivity index (χ1n) is 11.6. The SMILES string of the molecule is C=C(Nc1ccc(C(C(F)(F)F)C(F)(F)F)cc1)C1c2ccc(C)cc2CN1C(=C)C1CCCC1. The average Bonchev–Trinajstić information content (AvgIpc) is 3.40. The van der Waals surface area contributed by atoms with Gasteiger partial charge in [0.05, 0.1) is 6.04 Å². The lowest BCUT2D eigenvalue weighted by molar-refractivity contribution is -0.253. The highest BCUT2D eigenvalue weighted by Gasteiger charge is 2.57. The lowest BCUT2D eigenvalue weighted by Gasteiger charge is -2.33. The molecule has 0 spiro atoms. The summed E-state index contributed by atoms with van der Waals surface area (Å²) < 4.78 is 78.4. The number of rotatable bonds is 6. The van der Waals surface area contributed by atoms with Gasteiger partial charge in [-0.3, -0.25) is 0 Å². The smallest absolute Gasteiger partial charge is 0.358 e. The Hall–Kier alpha value is -2.90. The van der Waals surface area contributed by atoms with Crippen molar-refractivity contribution in [3.63, 3.8) is 0 Å². The van der Waals surface area contributed by atoms with Gasteiger partial charge in [-0.25, -0.2) is 0 Å². The third kappa shape index (κ3) is 5.21. The molecular weight excluding hydrogens is 466 g/mol. The minimum atomic E-state index is -5.43. The number of alkyl halides is 6. The van der Waals surface area contributed by atoms with Crippen LogP contribution in [0.4, 0.5) is 32.0 Å². The minimum absolute atomic E-state index is 0.239. The summed E-state index contributed by atoms with van der Waals surface area (Å²) in [5, 5.41) is 3.12. The summed E-state index contributed by atoms with van der Waals surface area (Å²) in [6.45, 7) is 11.3. The van der Waals surface area contributed by atoms with Gasteiger partial charge in [-0.2, -0.15) is 26.3 Å². The topological polar surface area (TPSA) is 15.3 Å². The molecule has 1 atom stereocenters. The lowest BCUT2D eigenvalue weighted by atomic mass is 9.97. The van der Waals surface area contributed by atoms with Crippen LogP contribution in [0.3, 0.4) is 0 Å². The molecule has 35 heavy (non-hydrogen) atoms. The molecule has 1 heterocycles. The van der Waals surface area contributed by atoms with Gasteiger partial charge in [0, 0.05) is 23.6 Å². The van der Waals surface area contributed by atoms with E-state index in [1.54, 1.807) is 0 Å². The normalized spacial score (nSPS) is 18.7. The van der Waals surface area contributed by atoms with E-state index in [9.17, 15) is 26.3 Å². The van der Waals surface area contributed by atoms with Crippen molar-refractivity contribution in [3.8, 4) is 0 Å². The van der Waals surface area contributed by atoms with Gasteiger partial charge in [0.1, 0.15) is 0 Å². The van der Waals surface area contributed by atoms with Crippen LogP contribution in [0.1, 0.15) is 59.9 Å². The van der Waals surface area contributed by atoms with Crippen molar-refractivity contribution >= 4 is 5.69 Å². The second-order valence-corrected chi connectivity index (χ2v) is 9.49. The number of anilines is 1. The van der Waals surface area contributed by atoms with Gasteiger partial charge in [-0.05, 0) is 54.5 Å². The van der Waals surface area contributed by atoms with Gasteiger partial charge in [-0.1, -0.05) is 61.9 Å². The van der Waals surface area contributed by atoms with Crippen molar-refractivity contribution in [2.24, 2.45) is 5.92 Å². The minimum Gasteiger partial charge on any atom is -0.358 e. The van der Waals surface area contributed by atoms with Crippen molar-refractivity contribution < 1.29 is 26.3 Å². The summed E-state index contributed by atoms with van der Waals surface area (Å²) in [6, 6.07) is 10.1. The Morgan fingerprint density at radius 3 is 2.11 bits per heavy atom. The van der Waals surface area contributed by atoms with Gasteiger partial charge in [0.15, 0.2) is 5.92 Å². The molecule has 0 bridgehead atoms. The molecule has 188 valence electrons. The molecule has 0 aromatic heterocycles. The number of nitrogens with zero attached hydrogens (tertiary/aromatic N) is 1. The van der Waals surface area contributed by atoms with E-state index in [4.69, 9.17) is 0 Å². The Morgan fingerprint density at radius 1 is 0.943 bits per heavy atom. The number of nitrogens with one attached hydrogen (secondary N) is 1. The maximum absolute atomic E-state index is 13.1. The maximum Gasteiger partial charge on any atom is 0.404 e. The zero-order chi connectivity index (χ0) is 25.5. The van der Waals surface area contributed by atoms with Crippen molar-refractivity contribution in [1.82, 2.24) is 4.90 Å². The lowest BCUT2D eigenvalue weighted by Crippen LogP contribution is -2.34. The molecule has 4 rings (SSSR count). The van der Waals surface area contributed by atoms with E-state index < -0.39 is 23.8 Å². The first kappa shape index (κ1) is 25.2. The van der Waals surface area contributed by atoms with Crippen molar-refractivity contribution in [2.45, 2.75) is 63.5 Å². The van der Waals surface area contributed by atoms with E-state index >= 15 is 0 Å². The molecule has 0 radical (unpaired) electrons. The van der Waals surface area contributed by atoms with E-state index in [1.165, 1.54) is 12.1 Å². The van der Waals surface area contributed by atoms with Gasteiger partial charge in [-0.15, -0.1) is 0 Å². The van der Waals surface area contributed by atoms with Gasteiger partial charge < -0.3 is 10.2 Å². The first-order chi connectivity index (χ1) is 16.4. The van der Waals surface area contributed by atoms with E-state index in [2.05, 4.69) is 29.4 Å². The Kier molecular flexibility index (Phi) is 6.68. The van der Waals surface area contributed by atoms with Crippen molar-refractivity contribution in [1.29, 1.82) is 0 Å². The molecule has 0 amide bonds. The van der Waals surface area contributed by atoms with Crippen LogP contribution >= 0.6 is 0 Å². The van der Waals surface area contributed by atoms with Crippen molar-refractivity contribution in [3.05, 3.63) is 89.3 Å². The molecule has 8 heteroatoms. The number of fused-ring (bicyclic) bond motifs is 1. The largest absolute Gasteiger partial charge is 0.404 e. The summed E-state index contributed by atoms with van der Waals surface area (Å²) in [5.74, 6) is -3.14. The summed E-state index contributed by atoms with van der Waals surface area (Å²) in [4.78, 5) is 2.22. The van der Waals surface area contributed by atoms with Gasteiger partial charge in [0.25, 0.3) is 0 Å². The quantitative estimate of drug-likeness (QED) is 0.406. The number of benzene rings is 2. The standard InChI is InChI=1S/C27H28F6N2/c1-16-8-13-23-21(14-16)15-35(18(3)19-6-4-5-7-19)24(23)17(2)34-22-11-9-20(10-12-22)25(26(28,29)30)27(31,32)33/h8-14,19,24-25,34H,2-7,15H2,1H3. The van der Waals surface area contributed by atoms with Crippen LogP contribution in [0.25, 0.3) is 0 Å². The Bertz CT molecular complexity index is 1080. The number of hydrogen-bond acceptors (Lipinski definition) is 2. The summed E-state index contributed by atoms with van der Waals surface area (Å²) in [6.07, 6.45) is -6.36. The van der Waals surface area contributed by atoms with Crippen LogP contribution < -0.4 is 5.32 Å². The average molecular weight is 495 g/mol. The maximum atomic E-state index is 13.1. The van der Waals surface area contributed by atoms with Crippen LogP contribution in [-0.2, 0) is 6.54 Å². The molecule has 1 N–H and O–H groups in total. The number of halogens is 6. The highest BCUT2D eigenvalue weighted by atomic mass is 19.4. The molecule has 2 aromatic carbocycles. The van der Waals surface area contributed by atoms with Crippen LogP contribution in [-0.4, -0.2) is 17.3 Å². The fourth-order valence-corrected chi connectivity index (χ4v) is 5.29. The Morgan fingerprint density at radius 2 is 1.54 bits per heavy atom. The zero-order valence-electron chi connectivity index (χ0n) is 19.4. The molecule has 1 saturated carbocycles. The molecule has 2 aromatic rings. The van der Waals surface area contributed by atoms with Crippen LogP contribution in [0.2, 0.25) is 0 Å². The van der Waals surface area contributed by atoms with Crippen molar-refractivity contribution in [2.75, 3.05) is 5.32 Å². The summed E-state index contributed by atoms with van der Waals surface area (Å²) in [5.41, 5.74) is 4.51. The molecule has 2 nitrogen and oxygen atoms in total. The third-order valence-electron chi connectivity index (χ3n) is 6.97. The third-order valence-corrected chi connectivity index (χ3v) is 6.97.